The maximum absolute atomic E-state index is 14.7. The van der Waals surface area contributed by atoms with Gasteiger partial charge in [-0.25, -0.2) is 56.2 Å². The lowest BCUT2D eigenvalue weighted by molar-refractivity contribution is 0.0758. The van der Waals surface area contributed by atoms with Crippen LogP contribution in [0.2, 0.25) is 5.02 Å². The number of carbonyl (C=O) groups is 3. The lowest BCUT2D eigenvalue weighted by atomic mass is 10.0. The minimum atomic E-state index is -0.756. The Morgan fingerprint density at radius 3 is 1.30 bits per heavy atom. The number of hydrogen-bond acceptors (Lipinski definition) is 16. The molecule has 3 amide bonds. The largest absolute Gasteiger partial charge is 0.496 e. The molecule has 14 rings (SSSR count). The SMILES string of the molecule is CC(C)c1csc(-c2cc(-c3c(F)cccc3F)nc3c2C(=O)NC3)n1.CC(C)c1cscn1.COc1cc(CO)ccc1CN1Cc2nc(-c3c(F)cccc3F)cc(-c3nc(C(C)C)cs3)c2C1=O.COc1cc(CO)ccc1CN1Cc2nc(-c3c(F)cccc3F)cc(Cl)c2C1=O. The van der Waals surface area contributed by atoms with E-state index in [-0.39, 0.29) is 120 Å². The van der Waals surface area contributed by atoms with E-state index in [1.54, 1.807) is 58.7 Å². The molecule has 0 aliphatic carbocycles. The van der Waals surface area contributed by atoms with Crippen molar-refractivity contribution < 1.29 is 60.4 Å². The first-order valence-corrected chi connectivity index (χ1v) is 34.9. The molecule has 9 heterocycles. The molecule has 6 aromatic heterocycles. The van der Waals surface area contributed by atoms with E-state index in [1.165, 1.54) is 96.0 Å². The van der Waals surface area contributed by atoms with Crippen LogP contribution in [0.25, 0.3) is 54.9 Å². The van der Waals surface area contributed by atoms with Crippen LogP contribution in [0.3, 0.4) is 0 Å². The van der Waals surface area contributed by atoms with E-state index < -0.39 is 34.9 Å². The summed E-state index contributed by atoms with van der Waals surface area (Å²) in [4.78, 5) is 68.6. The van der Waals surface area contributed by atoms with Crippen LogP contribution in [-0.2, 0) is 45.9 Å². The number of carbonyl (C=O) groups excluding carboxylic acids is 3. The third-order valence-corrected chi connectivity index (χ3v) is 19.4. The number of nitrogens with one attached hydrogen (secondary N) is 1. The quantitative estimate of drug-likeness (QED) is 0.0771. The molecular weight excluding hydrogens is 1380 g/mol. The van der Waals surface area contributed by atoms with Gasteiger partial charge >= 0.3 is 0 Å². The highest BCUT2D eigenvalue weighted by Gasteiger charge is 2.36. The topological polar surface area (TPSA) is 206 Å². The van der Waals surface area contributed by atoms with Gasteiger partial charge in [-0.2, -0.15) is 0 Å². The van der Waals surface area contributed by atoms with Crippen LogP contribution in [0.1, 0.15) is 147 Å². The number of fused-ring (bicyclic) bond motifs is 3. The second kappa shape index (κ2) is 31.4. The fraction of sp³-hybridized carbons (Fsp3) is 0.240. The zero-order valence-electron chi connectivity index (χ0n) is 55.8. The first kappa shape index (κ1) is 72.5. The van der Waals surface area contributed by atoms with E-state index in [2.05, 4.69) is 49.5 Å². The van der Waals surface area contributed by atoms with Gasteiger partial charge in [-0.3, -0.25) is 14.4 Å². The van der Waals surface area contributed by atoms with E-state index in [1.807, 2.05) is 50.0 Å². The first-order valence-electron chi connectivity index (χ1n) is 31.8. The van der Waals surface area contributed by atoms with Crippen molar-refractivity contribution in [3.05, 3.63) is 244 Å². The number of aliphatic hydroxyl groups is 2. The summed E-state index contributed by atoms with van der Waals surface area (Å²) in [5.41, 5.74) is 10.7. The smallest absolute Gasteiger partial charge is 0.257 e. The third-order valence-electron chi connectivity index (χ3n) is 16.7. The van der Waals surface area contributed by atoms with Crippen LogP contribution in [0, 0.1) is 34.9 Å². The summed E-state index contributed by atoms with van der Waals surface area (Å²) in [5, 5.41) is 28.7. The highest BCUT2D eigenvalue weighted by molar-refractivity contribution is 7.13. The molecule has 0 fully saturated rings. The van der Waals surface area contributed by atoms with Crippen LogP contribution in [-0.4, -0.2) is 81.9 Å². The molecule has 0 unspecified atom stereocenters. The summed E-state index contributed by atoms with van der Waals surface area (Å²) in [6, 6.07) is 25.9. The number of thiazole rings is 3. The highest BCUT2D eigenvalue weighted by atomic mass is 35.5. The van der Waals surface area contributed by atoms with Gasteiger partial charge in [0.1, 0.15) is 56.4 Å². The Bertz CT molecular complexity index is 4880. The van der Waals surface area contributed by atoms with Gasteiger partial charge in [0.2, 0.25) is 0 Å². The van der Waals surface area contributed by atoms with Crippen LogP contribution < -0.4 is 14.8 Å². The number of halogens is 7. The molecule has 520 valence electrons. The van der Waals surface area contributed by atoms with E-state index in [0.29, 0.717) is 77.9 Å². The third kappa shape index (κ3) is 15.6. The second-order valence-corrected chi connectivity index (χ2v) is 27.3. The highest BCUT2D eigenvalue weighted by Crippen LogP contribution is 2.42. The van der Waals surface area contributed by atoms with Crippen molar-refractivity contribution in [2.45, 2.75) is 105 Å². The number of benzene rings is 5. The van der Waals surface area contributed by atoms with E-state index in [0.717, 1.165) is 34.6 Å². The van der Waals surface area contributed by atoms with Gasteiger partial charge in [0.25, 0.3) is 17.7 Å². The lowest BCUT2D eigenvalue weighted by Crippen LogP contribution is -2.23. The molecule has 0 atom stereocenters. The minimum Gasteiger partial charge on any atom is -0.496 e. The molecule has 0 saturated heterocycles. The number of pyridine rings is 3. The molecule has 26 heteroatoms. The van der Waals surface area contributed by atoms with Crippen molar-refractivity contribution in [2.75, 3.05) is 14.2 Å². The van der Waals surface area contributed by atoms with Crippen molar-refractivity contribution in [2.24, 2.45) is 0 Å². The van der Waals surface area contributed by atoms with Crippen molar-refractivity contribution in [3.8, 4) is 66.4 Å². The summed E-state index contributed by atoms with van der Waals surface area (Å²) in [7, 11) is 3.04. The molecule has 5 aromatic carbocycles. The molecule has 0 radical (unpaired) electrons. The van der Waals surface area contributed by atoms with Crippen molar-refractivity contribution in [1.29, 1.82) is 0 Å². The number of ether oxygens (including phenoxy) is 2. The number of amides is 3. The monoisotopic (exact) mass is 1450 g/mol. The minimum absolute atomic E-state index is 0.0360. The zero-order chi connectivity index (χ0) is 72.1. The molecule has 0 bridgehead atoms. The zero-order valence-corrected chi connectivity index (χ0v) is 59.0. The summed E-state index contributed by atoms with van der Waals surface area (Å²) in [6.07, 6.45) is 0. The fourth-order valence-corrected chi connectivity index (χ4v) is 14.4. The molecule has 3 aliphatic heterocycles. The molecule has 11 aromatic rings. The molecule has 0 spiro atoms. The summed E-state index contributed by atoms with van der Waals surface area (Å²) < 4.78 is 97.1. The van der Waals surface area contributed by atoms with Crippen molar-refractivity contribution in [1.82, 2.24) is 45.0 Å². The average molecular weight is 1450 g/mol. The Balaban J connectivity index is 0.000000146. The number of nitrogens with zero attached hydrogens (tertiary/aromatic N) is 8. The standard InChI is InChI=1S/C28H25F2N3O3S.C22H17ClF2N2O3.C19H15F2N3OS.C6H9NS/c1-15(2)23-14-37-27(32-23)18-10-21(26-19(29)5-4-6-20(26)30)31-22-12-33(28(35)25(18)22)11-17-8-7-16(13-34)9-24(17)36-3;1-30-19-7-12(11-28)5-6-13(19)9-27-10-18-20(22(27)29)14(23)8-17(26-18)21-15(24)3-2-4-16(21)25;1-9(2)15-8-26-19(24-15)10-6-13(17-11(20)4-3-5-12(17)21)23-14-7-22-18(25)16(10)14;1-5(2)6-3-8-4-7-6/h4-10,14-15,34H,11-13H2,1-3H3;2-8,28H,9-11H2,1H3;3-6,8-9H,7H2,1-2H3,(H,22,25);3-5H,1-2H3. The number of aliphatic hydroxyl groups excluding tert-OH is 2. The van der Waals surface area contributed by atoms with Gasteiger partial charge < -0.3 is 34.8 Å². The molecule has 3 N–H and O–H groups in total. The van der Waals surface area contributed by atoms with Gasteiger partial charge in [-0.05, 0) is 95.6 Å². The van der Waals surface area contributed by atoms with Gasteiger partial charge in [0.15, 0.2) is 0 Å². The second-order valence-electron chi connectivity index (χ2n) is 24.5. The van der Waals surface area contributed by atoms with Crippen molar-refractivity contribution in [3.63, 3.8) is 0 Å². The maximum Gasteiger partial charge on any atom is 0.257 e. The molecule has 3 aliphatic rings. The molecule has 0 saturated carbocycles. The van der Waals surface area contributed by atoms with Gasteiger partial charge in [-0.1, -0.05) is 95.6 Å². The van der Waals surface area contributed by atoms with Gasteiger partial charge in [0.05, 0.1) is 155 Å². The number of rotatable bonds is 16. The lowest BCUT2D eigenvalue weighted by Gasteiger charge is -2.18. The predicted octanol–water partition coefficient (Wildman–Crippen LogP) is 17.1. The van der Waals surface area contributed by atoms with E-state index >= 15 is 0 Å². The normalized spacial score (nSPS) is 12.8. The first-order chi connectivity index (χ1) is 48.5. The summed E-state index contributed by atoms with van der Waals surface area (Å²) in [5.74, 6) is -3.05. The van der Waals surface area contributed by atoms with Crippen LogP contribution in [0.4, 0.5) is 26.3 Å². The van der Waals surface area contributed by atoms with E-state index in [4.69, 9.17) is 26.1 Å². The summed E-state index contributed by atoms with van der Waals surface area (Å²) in [6.45, 7) is 13.2. The maximum atomic E-state index is 14.7. The Morgan fingerprint density at radius 1 is 0.505 bits per heavy atom. The number of methoxy groups -OCH3 is 2. The number of aromatic nitrogens is 6. The van der Waals surface area contributed by atoms with Gasteiger partial charge in [0, 0.05) is 38.4 Å². The summed E-state index contributed by atoms with van der Waals surface area (Å²) >= 11 is 10.8. The fourth-order valence-electron chi connectivity index (χ4n) is 11.4. The Hall–Kier alpha value is -9.76. The Labute approximate surface area is 595 Å². The Kier molecular flexibility index (Phi) is 22.5. The molecular formula is C75H66ClF6N9O7S3. The van der Waals surface area contributed by atoms with Crippen LogP contribution in [0.5, 0.6) is 11.5 Å². The Morgan fingerprint density at radius 2 is 0.911 bits per heavy atom. The predicted molar refractivity (Wildman–Crippen MR) is 377 cm³/mol. The number of hydrogen-bond donors (Lipinski definition) is 3. The average Bonchev–Trinajstić information content (AvgIpc) is 1.62. The van der Waals surface area contributed by atoms with Crippen LogP contribution >= 0.6 is 45.6 Å². The van der Waals surface area contributed by atoms with Gasteiger partial charge in [-0.15, -0.1) is 34.0 Å². The molecule has 101 heavy (non-hydrogen) atoms. The van der Waals surface area contributed by atoms with Crippen molar-refractivity contribution >= 4 is 63.3 Å². The van der Waals surface area contributed by atoms with E-state index in [9.17, 15) is 50.9 Å². The van der Waals surface area contributed by atoms with Crippen LogP contribution in [0.15, 0.2) is 131 Å². The molecule has 16 nitrogen and oxygen atoms in total.